The second-order valence-corrected chi connectivity index (χ2v) is 12.1. The lowest BCUT2D eigenvalue weighted by Crippen LogP contribution is -2.00. The van der Waals surface area contributed by atoms with Crippen LogP contribution in [0.2, 0.25) is 0 Å². The number of aromatic nitrogens is 3. The Labute approximate surface area is 284 Å². The van der Waals surface area contributed by atoms with Crippen LogP contribution in [0.25, 0.3) is 89.5 Å². The van der Waals surface area contributed by atoms with Gasteiger partial charge in [0.25, 0.3) is 0 Å². The van der Waals surface area contributed by atoms with Crippen molar-refractivity contribution in [2.75, 3.05) is 0 Å². The highest BCUT2D eigenvalue weighted by atomic mass is 16.3. The van der Waals surface area contributed by atoms with Crippen LogP contribution >= 0.6 is 0 Å². The third-order valence-electron chi connectivity index (χ3n) is 8.93. The second-order valence-electron chi connectivity index (χ2n) is 12.1. The van der Waals surface area contributed by atoms with E-state index in [0.29, 0.717) is 17.5 Å². The Hall–Kier alpha value is -6.65. The molecule has 0 fully saturated rings. The van der Waals surface area contributed by atoms with Gasteiger partial charge in [-0.2, -0.15) is 0 Å². The minimum atomic E-state index is 0.616. The Morgan fingerprint density at radius 3 is 1.33 bits per heavy atom. The fourth-order valence-corrected chi connectivity index (χ4v) is 6.42. The van der Waals surface area contributed by atoms with Gasteiger partial charge < -0.3 is 4.42 Å². The van der Waals surface area contributed by atoms with E-state index in [1.54, 1.807) is 0 Å². The number of furan rings is 1. The molecule has 2 heterocycles. The van der Waals surface area contributed by atoms with Gasteiger partial charge in [-0.25, -0.2) is 15.0 Å². The Morgan fingerprint density at radius 2 is 0.673 bits per heavy atom. The molecule has 0 saturated carbocycles. The molecule has 0 N–H and O–H groups in total. The summed E-state index contributed by atoms with van der Waals surface area (Å²) < 4.78 is 6.15. The number of hydrogen-bond donors (Lipinski definition) is 0. The van der Waals surface area contributed by atoms with Gasteiger partial charge in [-0.05, 0) is 69.8 Å². The first-order chi connectivity index (χ1) is 24.2. The van der Waals surface area contributed by atoms with Crippen LogP contribution in [0.1, 0.15) is 0 Å². The fourth-order valence-electron chi connectivity index (χ4n) is 6.42. The summed E-state index contributed by atoms with van der Waals surface area (Å²) in [6.07, 6.45) is 0. The maximum atomic E-state index is 6.15. The summed E-state index contributed by atoms with van der Waals surface area (Å²) in [7, 11) is 0. The zero-order chi connectivity index (χ0) is 32.6. The van der Waals surface area contributed by atoms with E-state index in [1.165, 1.54) is 5.56 Å². The highest BCUT2D eigenvalue weighted by molar-refractivity contribution is 6.06. The van der Waals surface area contributed by atoms with Crippen LogP contribution in [-0.4, -0.2) is 15.0 Å². The zero-order valence-electron chi connectivity index (χ0n) is 26.5. The van der Waals surface area contributed by atoms with Gasteiger partial charge in [0.15, 0.2) is 17.5 Å². The van der Waals surface area contributed by atoms with Gasteiger partial charge in [-0.15, -0.1) is 0 Å². The molecule has 49 heavy (non-hydrogen) atoms. The Kier molecular flexibility index (Phi) is 7.10. The van der Waals surface area contributed by atoms with Crippen LogP contribution in [0.15, 0.2) is 180 Å². The summed E-state index contributed by atoms with van der Waals surface area (Å²) in [6.45, 7) is 0. The number of benzene rings is 7. The van der Waals surface area contributed by atoms with E-state index in [1.807, 2.05) is 54.6 Å². The molecule has 2 aromatic heterocycles. The summed E-state index contributed by atoms with van der Waals surface area (Å²) in [4.78, 5) is 15.2. The van der Waals surface area contributed by atoms with Gasteiger partial charge in [-0.3, -0.25) is 0 Å². The molecule has 9 rings (SSSR count). The Morgan fingerprint density at radius 1 is 0.265 bits per heavy atom. The van der Waals surface area contributed by atoms with Crippen molar-refractivity contribution in [2.24, 2.45) is 0 Å². The number of rotatable bonds is 6. The summed E-state index contributed by atoms with van der Waals surface area (Å²) in [5.74, 6) is 1.87. The molecular formula is C45H29N3O. The van der Waals surface area contributed by atoms with Gasteiger partial charge in [0.05, 0.1) is 0 Å². The predicted molar refractivity (Wildman–Crippen MR) is 200 cm³/mol. The minimum absolute atomic E-state index is 0.616. The van der Waals surface area contributed by atoms with Gasteiger partial charge in [0.2, 0.25) is 0 Å². The second kappa shape index (κ2) is 12.2. The van der Waals surface area contributed by atoms with E-state index in [9.17, 15) is 0 Å². The fraction of sp³-hybridized carbons (Fsp3) is 0. The van der Waals surface area contributed by atoms with E-state index in [4.69, 9.17) is 19.4 Å². The molecule has 0 saturated heterocycles. The minimum Gasteiger partial charge on any atom is -0.456 e. The normalized spacial score (nSPS) is 11.3. The molecule has 0 aliphatic rings. The summed E-state index contributed by atoms with van der Waals surface area (Å²) in [6, 6.07) is 60.6. The lowest BCUT2D eigenvalue weighted by atomic mass is 9.95. The van der Waals surface area contributed by atoms with E-state index in [0.717, 1.165) is 66.4 Å². The molecule has 0 bridgehead atoms. The predicted octanol–water partition coefficient (Wildman–Crippen LogP) is 11.8. The molecule has 0 unspecified atom stereocenters. The van der Waals surface area contributed by atoms with Gasteiger partial charge >= 0.3 is 0 Å². The maximum absolute atomic E-state index is 6.15. The molecule has 0 radical (unpaired) electrons. The molecule has 4 nitrogen and oxygen atoms in total. The molecule has 4 heteroatoms. The Balaban J connectivity index is 1.22. The molecule has 230 valence electrons. The van der Waals surface area contributed by atoms with Crippen molar-refractivity contribution in [3.63, 3.8) is 0 Å². The number of fused-ring (bicyclic) bond motifs is 3. The molecular weight excluding hydrogens is 599 g/mol. The van der Waals surface area contributed by atoms with Crippen molar-refractivity contribution in [3.05, 3.63) is 176 Å². The molecule has 0 amide bonds. The smallest absolute Gasteiger partial charge is 0.164 e. The topological polar surface area (TPSA) is 51.8 Å². The Bertz CT molecular complexity index is 2580. The summed E-state index contributed by atoms with van der Waals surface area (Å²) >= 11 is 0. The monoisotopic (exact) mass is 627 g/mol. The molecule has 0 aliphatic carbocycles. The number of para-hydroxylation sites is 1. The molecule has 0 spiro atoms. The maximum Gasteiger partial charge on any atom is 0.164 e. The van der Waals surface area contributed by atoms with Crippen LogP contribution in [0.5, 0.6) is 0 Å². The van der Waals surface area contributed by atoms with Crippen molar-refractivity contribution in [1.82, 2.24) is 15.0 Å². The average Bonchev–Trinajstić information content (AvgIpc) is 3.57. The first kappa shape index (κ1) is 28.6. The van der Waals surface area contributed by atoms with Crippen molar-refractivity contribution in [3.8, 4) is 67.5 Å². The van der Waals surface area contributed by atoms with Gasteiger partial charge in [-0.1, -0.05) is 140 Å². The van der Waals surface area contributed by atoms with E-state index >= 15 is 0 Å². The van der Waals surface area contributed by atoms with Crippen molar-refractivity contribution in [2.45, 2.75) is 0 Å². The SMILES string of the molecule is c1ccc(-c2ccc(-c3nc(-c4ccccc4)nc(-c4cc(-c5ccccc5)cc(-c5ccc6oc7ccccc7c6c5)c4)n3)cc2)cc1. The third kappa shape index (κ3) is 5.56. The standard InChI is InChI=1S/C45H29N3O/c1-4-12-30(13-5-1)32-20-22-34(23-21-32)44-46-43(33-16-8-3-9-17-33)47-45(48-44)38-27-36(31-14-6-2-7-15-31)26-37(28-38)35-24-25-42-40(29-35)39-18-10-11-19-41(39)49-42/h1-29H. The van der Waals surface area contributed by atoms with Crippen LogP contribution in [-0.2, 0) is 0 Å². The van der Waals surface area contributed by atoms with Crippen LogP contribution in [0, 0.1) is 0 Å². The average molecular weight is 628 g/mol. The number of hydrogen-bond acceptors (Lipinski definition) is 4. The molecule has 0 aliphatic heterocycles. The van der Waals surface area contributed by atoms with Gasteiger partial charge in [0.1, 0.15) is 11.2 Å². The lowest BCUT2D eigenvalue weighted by molar-refractivity contribution is 0.669. The third-order valence-corrected chi connectivity index (χ3v) is 8.93. The molecule has 7 aromatic carbocycles. The van der Waals surface area contributed by atoms with Crippen LogP contribution in [0.4, 0.5) is 0 Å². The van der Waals surface area contributed by atoms with E-state index in [2.05, 4.69) is 121 Å². The van der Waals surface area contributed by atoms with Crippen LogP contribution < -0.4 is 0 Å². The first-order valence-electron chi connectivity index (χ1n) is 16.4. The van der Waals surface area contributed by atoms with Crippen molar-refractivity contribution >= 4 is 21.9 Å². The van der Waals surface area contributed by atoms with Gasteiger partial charge in [0, 0.05) is 27.5 Å². The van der Waals surface area contributed by atoms with Crippen LogP contribution in [0.3, 0.4) is 0 Å². The first-order valence-corrected chi connectivity index (χ1v) is 16.4. The molecule has 0 atom stereocenters. The number of nitrogens with zero attached hydrogens (tertiary/aromatic N) is 3. The highest BCUT2D eigenvalue weighted by Gasteiger charge is 2.16. The highest BCUT2D eigenvalue weighted by Crippen LogP contribution is 2.37. The largest absolute Gasteiger partial charge is 0.456 e. The summed E-state index contributed by atoms with van der Waals surface area (Å²) in [5, 5.41) is 2.19. The van der Waals surface area contributed by atoms with Crippen molar-refractivity contribution < 1.29 is 4.42 Å². The summed E-state index contributed by atoms with van der Waals surface area (Å²) in [5.41, 5.74) is 11.2. The lowest BCUT2D eigenvalue weighted by Gasteiger charge is -2.13. The quantitative estimate of drug-likeness (QED) is 0.184. The van der Waals surface area contributed by atoms with E-state index < -0.39 is 0 Å². The van der Waals surface area contributed by atoms with Crippen molar-refractivity contribution in [1.29, 1.82) is 0 Å². The zero-order valence-corrected chi connectivity index (χ0v) is 26.5. The molecule has 9 aromatic rings. The van der Waals surface area contributed by atoms with E-state index in [-0.39, 0.29) is 0 Å².